The number of rotatable bonds is 8. The Morgan fingerprint density at radius 3 is 2.03 bits per heavy atom. The van der Waals surface area contributed by atoms with Crippen LogP contribution in [-0.4, -0.2) is 48.4 Å². The Hall–Kier alpha value is -3.56. The maximum atomic E-state index is 13.5. The third-order valence-electron chi connectivity index (χ3n) is 6.14. The van der Waals surface area contributed by atoms with E-state index in [0.717, 1.165) is 22.3 Å². The van der Waals surface area contributed by atoms with E-state index in [4.69, 9.17) is 4.74 Å². The molecule has 2 atom stereocenters. The van der Waals surface area contributed by atoms with Crippen molar-refractivity contribution in [3.05, 3.63) is 59.7 Å². The number of alkyl halides is 3. The fourth-order valence-electron chi connectivity index (χ4n) is 3.79. The largest absolute Gasteiger partial charge is 0.481 e. The zero-order valence-electron chi connectivity index (χ0n) is 18.6. The summed E-state index contributed by atoms with van der Waals surface area (Å²) in [6, 6.07) is 12.0. The van der Waals surface area contributed by atoms with Gasteiger partial charge in [0.15, 0.2) is 0 Å². The van der Waals surface area contributed by atoms with Crippen molar-refractivity contribution in [2.45, 2.75) is 38.4 Å². The molecule has 10 heteroatoms. The Bertz CT molecular complexity index is 1040. The van der Waals surface area contributed by atoms with Gasteiger partial charge >= 0.3 is 18.2 Å². The topological polar surface area (TPSA) is 105 Å². The number of carbonyl (C=O) groups is 3. The van der Waals surface area contributed by atoms with Gasteiger partial charge in [-0.1, -0.05) is 55.5 Å². The molecular weight excluding hydrogens is 453 g/mol. The van der Waals surface area contributed by atoms with Crippen LogP contribution in [0.25, 0.3) is 11.1 Å². The minimum atomic E-state index is -5.11. The summed E-state index contributed by atoms with van der Waals surface area (Å²) < 4.78 is 45.5. The molecule has 2 amide bonds. The molecule has 0 bridgehead atoms. The van der Waals surface area contributed by atoms with Gasteiger partial charge in [-0.05, 0) is 35.6 Å². The first-order valence-corrected chi connectivity index (χ1v) is 10.7. The molecule has 0 saturated heterocycles. The Morgan fingerprint density at radius 1 is 1.03 bits per heavy atom. The number of fused-ring (bicyclic) bond motifs is 3. The molecule has 0 fully saturated rings. The van der Waals surface area contributed by atoms with Crippen LogP contribution in [0.5, 0.6) is 0 Å². The number of nitrogens with one attached hydrogen (secondary N) is 2. The quantitative estimate of drug-likeness (QED) is 0.531. The summed E-state index contributed by atoms with van der Waals surface area (Å²) in [4.78, 5) is 35.8. The van der Waals surface area contributed by atoms with E-state index in [9.17, 15) is 32.7 Å². The van der Waals surface area contributed by atoms with Gasteiger partial charge in [-0.25, -0.2) is 4.79 Å². The molecule has 0 saturated carbocycles. The molecule has 3 N–H and O–H groups in total. The molecule has 2 unspecified atom stereocenters. The zero-order valence-corrected chi connectivity index (χ0v) is 18.6. The van der Waals surface area contributed by atoms with Crippen molar-refractivity contribution in [2.24, 2.45) is 5.41 Å². The Morgan fingerprint density at radius 2 is 1.56 bits per heavy atom. The van der Waals surface area contributed by atoms with Crippen molar-refractivity contribution < 1.29 is 37.4 Å². The standard InChI is InChI=1S/C24H25F3N2O5/c1-3-23(2,21(31)32)13-28-20(30)19(24(25,26)27)29-22(33)34-12-18-16-10-6-4-8-14(16)15-9-5-7-11-17(15)18/h4-11,18-19H,3,12-13H2,1-2H3,(H,28,30)(H,29,33)(H,31,32). The fourth-order valence-corrected chi connectivity index (χ4v) is 3.79. The van der Waals surface area contributed by atoms with Crippen LogP contribution in [0, 0.1) is 5.41 Å². The van der Waals surface area contributed by atoms with Crippen LogP contribution >= 0.6 is 0 Å². The highest BCUT2D eigenvalue weighted by molar-refractivity contribution is 5.87. The van der Waals surface area contributed by atoms with Crippen molar-refractivity contribution >= 4 is 18.0 Å². The van der Waals surface area contributed by atoms with Crippen LogP contribution in [0.1, 0.15) is 37.3 Å². The number of carboxylic acids is 1. The van der Waals surface area contributed by atoms with Gasteiger partial charge in [0.05, 0.1) is 5.41 Å². The number of hydrogen-bond donors (Lipinski definition) is 3. The molecule has 0 aromatic heterocycles. The lowest BCUT2D eigenvalue weighted by atomic mass is 9.87. The highest BCUT2D eigenvalue weighted by atomic mass is 19.4. The predicted octanol–water partition coefficient (Wildman–Crippen LogP) is 4.07. The molecule has 3 rings (SSSR count). The number of ether oxygens (including phenoxy) is 1. The molecule has 0 radical (unpaired) electrons. The first kappa shape index (κ1) is 25.1. The van der Waals surface area contributed by atoms with E-state index in [0.29, 0.717) is 0 Å². The molecule has 34 heavy (non-hydrogen) atoms. The summed E-state index contributed by atoms with van der Waals surface area (Å²) in [5.74, 6) is -3.19. The first-order valence-electron chi connectivity index (χ1n) is 10.7. The van der Waals surface area contributed by atoms with Gasteiger partial charge in [-0.2, -0.15) is 13.2 Å². The van der Waals surface area contributed by atoms with Crippen LogP contribution in [0.2, 0.25) is 0 Å². The van der Waals surface area contributed by atoms with Crippen LogP contribution in [0.3, 0.4) is 0 Å². The number of amides is 2. The summed E-state index contributed by atoms with van der Waals surface area (Å²) >= 11 is 0. The van der Waals surface area contributed by atoms with Gasteiger partial charge in [0.25, 0.3) is 5.91 Å². The number of carbonyl (C=O) groups excluding carboxylic acids is 2. The maximum absolute atomic E-state index is 13.5. The summed E-state index contributed by atoms with van der Waals surface area (Å²) in [5, 5.41) is 12.8. The van der Waals surface area contributed by atoms with E-state index in [1.54, 1.807) is 5.32 Å². The van der Waals surface area contributed by atoms with E-state index < -0.39 is 42.1 Å². The van der Waals surface area contributed by atoms with E-state index in [-0.39, 0.29) is 18.9 Å². The number of hydrogen-bond acceptors (Lipinski definition) is 4. The van der Waals surface area contributed by atoms with Gasteiger partial charge in [-0.15, -0.1) is 0 Å². The normalized spacial score (nSPS) is 15.4. The van der Waals surface area contributed by atoms with Gasteiger partial charge in [0.1, 0.15) is 6.61 Å². The Labute approximate surface area is 194 Å². The van der Waals surface area contributed by atoms with Crippen molar-refractivity contribution in [1.82, 2.24) is 10.6 Å². The molecule has 0 heterocycles. The molecule has 0 aliphatic heterocycles. The lowest BCUT2D eigenvalue weighted by Gasteiger charge is -2.26. The van der Waals surface area contributed by atoms with E-state index in [1.165, 1.54) is 13.8 Å². The third-order valence-corrected chi connectivity index (χ3v) is 6.14. The Balaban J connectivity index is 1.67. The lowest BCUT2D eigenvalue weighted by Crippen LogP contribution is -2.56. The molecule has 2 aromatic rings. The summed E-state index contributed by atoms with van der Waals surface area (Å²) in [5.41, 5.74) is 2.23. The maximum Gasteiger partial charge on any atom is 0.417 e. The molecule has 0 spiro atoms. The zero-order chi connectivity index (χ0) is 25.1. The molecule has 7 nitrogen and oxygen atoms in total. The third kappa shape index (κ3) is 5.16. The minimum absolute atomic E-state index is 0.0824. The number of halogens is 3. The second kappa shape index (κ2) is 9.74. The van der Waals surface area contributed by atoms with Gasteiger partial charge in [0, 0.05) is 12.5 Å². The highest BCUT2D eigenvalue weighted by Crippen LogP contribution is 2.44. The Kier molecular flexibility index (Phi) is 7.18. The van der Waals surface area contributed by atoms with Gasteiger partial charge < -0.3 is 20.5 Å². The second-order valence-electron chi connectivity index (χ2n) is 8.38. The van der Waals surface area contributed by atoms with E-state index in [1.807, 2.05) is 53.8 Å². The summed E-state index contributed by atoms with van der Waals surface area (Å²) in [7, 11) is 0. The van der Waals surface area contributed by atoms with Crippen LogP contribution < -0.4 is 10.6 Å². The van der Waals surface area contributed by atoms with Crippen molar-refractivity contribution in [2.75, 3.05) is 13.2 Å². The van der Waals surface area contributed by atoms with Crippen molar-refractivity contribution in [3.8, 4) is 11.1 Å². The monoisotopic (exact) mass is 478 g/mol. The average Bonchev–Trinajstić information content (AvgIpc) is 3.12. The number of carboxylic acid groups (broad SMARTS) is 1. The molecular formula is C24H25F3N2O5. The summed E-state index contributed by atoms with van der Waals surface area (Å²) in [6.45, 7) is 2.09. The second-order valence-corrected chi connectivity index (χ2v) is 8.38. The van der Waals surface area contributed by atoms with Crippen LogP contribution in [-0.2, 0) is 14.3 Å². The first-order chi connectivity index (χ1) is 16.0. The SMILES string of the molecule is CCC(C)(CNC(=O)C(NC(=O)OCC1c2ccccc2-c2ccccc21)C(F)(F)F)C(=O)O. The van der Waals surface area contributed by atoms with Crippen molar-refractivity contribution in [3.63, 3.8) is 0 Å². The molecule has 1 aliphatic rings. The fraction of sp³-hybridized carbons (Fsp3) is 0.375. The predicted molar refractivity (Wildman–Crippen MR) is 117 cm³/mol. The lowest BCUT2D eigenvalue weighted by molar-refractivity contribution is -0.168. The summed E-state index contributed by atoms with van der Waals surface area (Å²) in [6.07, 6.45) is -6.43. The van der Waals surface area contributed by atoms with E-state index in [2.05, 4.69) is 0 Å². The average molecular weight is 478 g/mol. The minimum Gasteiger partial charge on any atom is -0.481 e. The number of benzene rings is 2. The molecule has 1 aliphatic carbocycles. The number of aliphatic carboxylic acids is 1. The smallest absolute Gasteiger partial charge is 0.417 e. The van der Waals surface area contributed by atoms with Crippen molar-refractivity contribution in [1.29, 1.82) is 0 Å². The van der Waals surface area contributed by atoms with Crippen LogP contribution in [0.4, 0.5) is 18.0 Å². The van der Waals surface area contributed by atoms with E-state index >= 15 is 0 Å². The van der Waals surface area contributed by atoms with Gasteiger partial charge in [0.2, 0.25) is 6.04 Å². The van der Waals surface area contributed by atoms with Gasteiger partial charge in [-0.3, -0.25) is 9.59 Å². The highest BCUT2D eigenvalue weighted by Gasteiger charge is 2.47. The molecule has 182 valence electrons. The molecule has 2 aromatic carbocycles. The number of alkyl carbamates (subject to hydrolysis) is 1. The van der Waals surface area contributed by atoms with Crippen LogP contribution in [0.15, 0.2) is 48.5 Å².